The maximum Gasteiger partial charge on any atom is 0.224 e. The lowest BCUT2D eigenvalue weighted by atomic mass is 10.0. The molecule has 0 aliphatic heterocycles. The molecule has 1 saturated carbocycles. The van der Waals surface area contributed by atoms with Crippen molar-refractivity contribution in [3.05, 3.63) is 60.2 Å². The third kappa shape index (κ3) is 3.22. The van der Waals surface area contributed by atoms with Gasteiger partial charge >= 0.3 is 0 Å². The highest BCUT2D eigenvalue weighted by molar-refractivity contribution is 5.79. The molecular weight excluding hydrogens is 234 g/mol. The molecule has 3 rings (SSSR count). The van der Waals surface area contributed by atoms with Crippen LogP contribution in [0.15, 0.2) is 54.6 Å². The van der Waals surface area contributed by atoms with Gasteiger partial charge in [0.15, 0.2) is 0 Å². The Hall–Kier alpha value is -2.09. The smallest absolute Gasteiger partial charge is 0.224 e. The Bertz CT molecular complexity index is 556. The van der Waals surface area contributed by atoms with Crippen LogP contribution in [0.25, 0.3) is 11.1 Å². The normalized spacial score (nSPS) is 14.1. The summed E-state index contributed by atoms with van der Waals surface area (Å²) in [6.45, 7) is 0. The minimum absolute atomic E-state index is 0.134. The van der Waals surface area contributed by atoms with Gasteiger partial charge in [0.05, 0.1) is 6.42 Å². The molecule has 2 heteroatoms. The van der Waals surface area contributed by atoms with Gasteiger partial charge in [-0.2, -0.15) is 0 Å². The molecule has 1 N–H and O–H groups in total. The second-order valence-electron chi connectivity index (χ2n) is 5.08. The van der Waals surface area contributed by atoms with E-state index < -0.39 is 0 Å². The minimum Gasteiger partial charge on any atom is -0.353 e. The Kier molecular flexibility index (Phi) is 3.32. The Morgan fingerprint density at radius 3 is 2.21 bits per heavy atom. The lowest BCUT2D eigenvalue weighted by Gasteiger charge is -2.05. The molecule has 0 aromatic heterocycles. The lowest BCUT2D eigenvalue weighted by molar-refractivity contribution is -0.120. The zero-order valence-electron chi connectivity index (χ0n) is 10.8. The van der Waals surface area contributed by atoms with Crippen molar-refractivity contribution in [2.45, 2.75) is 25.3 Å². The molecule has 1 aliphatic rings. The molecule has 0 saturated heterocycles. The van der Waals surface area contributed by atoms with Gasteiger partial charge in [-0.05, 0) is 29.5 Å². The fourth-order valence-electron chi connectivity index (χ4n) is 2.14. The molecule has 0 spiro atoms. The highest BCUT2D eigenvalue weighted by Gasteiger charge is 2.22. The molecular formula is C17H17NO. The van der Waals surface area contributed by atoms with Crippen molar-refractivity contribution in [1.82, 2.24) is 5.32 Å². The van der Waals surface area contributed by atoms with E-state index in [0.717, 1.165) is 18.4 Å². The van der Waals surface area contributed by atoms with Gasteiger partial charge in [0.25, 0.3) is 0 Å². The van der Waals surface area contributed by atoms with Crippen LogP contribution in [-0.2, 0) is 11.2 Å². The molecule has 0 unspecified atom stereocenters. The number of carbonyl (C=O) groups excluding carboxylic acids is 1. The first-order valence-corrected chi connectivity index (χ1v) is 6.75. The highest BCUT2D eigenvalue weighted by Crippen LogP contribution is 2.20. The third-order valence-corrected chi connectivity index (χ3v) is 3.37. The summed E-state index contributed by atoms with van der Waals surface area (Å²) < 4.78 is 0. The van der Waals surface area contributed by atoms with Crippen molar-refractivity contribution >= 4 is 5.91 Å². The van der Waals surface area contributed by atoms with Crippen molar-refractivity contribution in [2.75, 3.05) is 0 Å². The summed E-state index contributed by atoms with van der Waals surface area (Å²) in [5.74, 6) is 0.134. The van der Waals surface area contributed by atoms with E-state index in [4.69, 9.17) is 0 Å². The fourth-order valence-corrected chi connectivity index (χ4v) is 2.14. The molecule has 0 radical (unpaired) electrons. The van der Waals surface area contributed by atoms with Gasteiger partial charge in [-0.1, -0.05) is 54.6 Å². The van der Waals surface area contributed by atoms with E-state index in [1.165, 1.54) is 11.1 Å². The number of hydrogen-bond donors (Lipinski definition) is 1. The number of carbonyl (C=O) groups is 1. The van der Waals surface area contributed by atoms with Gasteiger partial charge in [0.1, 0.15) is 0 Å². The summed E-state index contributed by atoms with van der Waals surface area (Å²) in [5.41, 5.74) is 3.46. The Labute approximate surface area is 113 Å². The summed E-state index contributed by atoms with van der Waals surface area (Å²) in [7, 11) is 0. The second kappa shape index (κ2) is 5.27. The predicted molar refractivity (Wildman–Crippen MR) is 76.7 cm³/mol. The van der Waals surface area contributed by atoms with Crippen LogP contribution in [0, 0.1) is 0 Å². The number of hydrogen-bond acceptors (Lipinski definition) is 1. The largest absolute Gasteiger partial charge is 0.353 e. The molecule has 1 fully saturated rings. The van der Waals surface area contributed by atoms with E-state index in [1.807, 2.05) is 30.3 Å². The maximum absolute atomic E-state index is 11.7. The van der Waals surface area contributed by atoms with Crippen LogP contribution in [0.5, 0.6) is 0 Å². The van der Waals surface area contributed by atoms with E-state index in [9.17, 15) is 4.79 Å². The summed E-state index contributed by atoms with van der Waals surface area (Å²) in [4.78, 5) is 11.7. The van der Waals surface area contributed by atoms with Crippen LogP contribution < -0.4 is 5.32 Å². The molecule has 2 aromatic carbocycles. The molecule has 0 heterocycles. The van der Waals surface area contributed by atoms with E-state index >= 15 is 0 Å². The SMILES string of the molecule is O=C(Cc1ccc(-c2ccccc2)cc1)NC1CC1. The average molecular weight is 251 g/mol. The van der Waals surface area contributed by atoms with Gasteiger partial charge in [0.2, 0.25) is 5.91 Å². The van der Waals surface area contributed by atoms with Crippen LogP contribution in [0.1, 0.15) is 18.4 Å². The van der Waals surface area contributed by atoms with Gasteiger partial charge in [0, 0.05) is 6.04 Å². The first kappa shape index (κ1) is 12.0. The monoisotopic (exact) mass is 251 g/mol. The summed E-state index contributed by atoms with van der Waals surface area (Å²) in [6.07, 6.45) is 2.75. The molecule has 2 nitrogen and oxygen atoms in total. The zero-order chi connectivity index (χ0) is 13.1. The molecule has 2 aromatic rings. The number of benzene rings is 2. The maximum atomic E-state index is 11.7. The van der Waals surface area contributed by atoms with Crippen LogP contribution in [0.3, 0.4) is 0 Å². The molecule has 0 bridgehead atoms. The Balaban J connectivity index is 1.66. The number of rotatable bonds is 4. The number of nitrogens with one attached hydrogen (secondary N) is 1. The van der Waals surface area contributed by atoms with Crippen LogP contribution in [-0.4, -0.2) is 11.9 Å². The van der Waals surface area contributed by atoms with Gasteiger partial charge in [-0.3, -0.25) is 4.79 Å². The molecule has 19 heavy (non-hydrogen) atoms. The van der Waals surface area contributed by atoms with Gasteiger partial charge in [-0.25, -0.2) is 0 Å². The average Bonchev–Trinajstić information content (AvgIpc) is 3.24. The fraction of sp³-hybridized carbons (Fsp3) is 0.235. The minimum atomic E-state index is 0.134. The van der Waals surface area contributed by atoms with E-state index in [0.29, 0.717) is 12.5 Å². The molecule has 1 aliphatic carbocycles. The lowest BCUT2D eigenvalue weighted by Crippen LogP contribution is -2.26. The van der Waals surface area contributed by atoms with Gasteiger partial charge in [-0.15, -0.1) is 0 Å². The van der Waals surface area contributed by atoms with Crippen molar-refractivity contribution in [2.24, 2.45) is 0 Å². The number of amides is 1. The molecule has 0 atom stereocenters. The third-order valence-electron chi connectivity index (χ3n) is 3.37. The van der Waals surface area contributed by atoms with Crippen molar-refractivity contribution in [3.8, 4) is 11.1 Å². The van der Waals surface area contributed by atoms with E-state index in [-0.39, 0.29) is 5.91 Å². The van der Waals surface area contributed by atoms with Crippen molar-refractivity contribution in [1.29, 1.82) is 0 Å². The van der Waals surface area contributed by atoms with Crippen LogP contribution in [0.4, 0.5) is 0 Å². The first-order chi connectivity index (χ1) is 9.31. The summed E-state index contributed by atoms with van der Waals surface area (Å²) in [6, 6.07) is 18.9. The molecule has 1 amide bonds. The van der Waals surface area contributed by atoms with Crippen LogP contribution >= 0.6 is 0 Å². The molecule has 96 valence electrons. The van der Waals surface area contributed by atoms with Crippen molar-refractivity contribution in [3.63, 3.8) is 0 Å². The Morgan fingerprint density at radius 1 is 0.947 bits per heavy atom. The van der Waals surface area contributed by atoms with Crippen LogP contribution in [0.2, 0.25) is 0 Å². The summed E-state index contributed by atoms with van der Waals surface area (Å²) >= 11 is 0. The van der Waals surface area contributed by atoms with Gasteiger partial charge < -0.3 is 5.32 Å². The topological polar surface area (TPSA) is 29.1 Å². The van der Waals surface area contributed by atoms with E-state index in [1.54, 1.807) is 0 Å². The zero-order valence-corrected chi connectivity index (χ0v) is 10.8. The van der Waals surface area contributed by atoms with E-state index in [2.05, 4.69) is 29.6 Å². The first-order valence-electron chi connectivity index (χ1n) is 6.75. The predicted octanol–water partition coefficient (Wildman–Crippen LogP) is 3.17. The summed E-state index contributed by atoms with van der Waals surface area (Å²) in [5, 5.41) is 3.01. The van der Waals surface area contributed by atoms with Crippen molar-refractivity contribution < 1.29 is 4.79 Å². The Morgan fingerprint density at radius 2 is 1.58 bits per heavy atom. The second-order valence-corrected chi connectivity index (χ2v) is 5.08. The quantitative estimate of drug-likeness (QED) is 0.888. The highest BCUT2D eigenvalue weighted by atomic mass is 16.1. The standard InChI is InChI=1S/C17H17NO/c19-17(18-16-10-11-16)12-13-6-8-15(9-7-13)14-4-2-1-3-5-14/h1-9,16H,10-12H2,(H,18,19).